The summed E-state index contributed by atoms with van der Waals surface area (Å²) in [6, 6.07) is 0. The molecule has 0 aromatic carbocycles. The molecule has 1 saturated carbocycles. The summed E-state index contributed by atoms with van der Waals surface area (Å²) in [7, 11) is 0. The lowest BCUT2D eigenvalue weighted by molar-refractivity contribution is -0.247. The molecule has 3 fully saturated rings. The van der Waals surface area contributed by atoms with Crippen LogP contribution in [0.2, 0.25) is 0 Å². The second-order valence-electron chi connectivity index (χ2n) is 7.49. The molecule has 2 heterocycles. The molecule has 0 aromatic heterocycles. The van der Waals surface area contributed by atoms with Crippen molar-refractivity contribution >= 4 is 11.8 Å². The van der Waals surface area contributed by atoms with Gasteiger partial charge in [-0.05, 0) is 25.0 Å². The number of ether oxygens (including phenoxy) is 3. The van der Waals surface area contributed by atoms with Crippen molar-refractivity contribution in [2.45, 2.75) is 57.1 Å². The molecule has 2 saturated heterocycles. The van der Waals surface area contributed by atoms with Crippen molar-refractivity contribution < 1.29 is 38.1 Å². The molecule has 2 N–H and O–H groups in total. The van der Waals surface area contributed by atoms with E-state index in [9.17, 15) is 19.8 Å². The van der Waals surface area contributed by atoms with E-state index in [1.54, 1.807) is 19.9 Å². The van der Waals surface area contributed by atoms with Crippen molar-refractivity contribution in [3.8, 4) is 0 Å². The third kappa shape index (κ3) is 1.61. The average molecular weight is 341 g/mol. The van der Waals surface area contributed by atoms with E-state index in [1.807, 2.05) is 0 Å². The van der Waals surface area contributed by atoms with Gasteiger partial charge in [-0.15, -0.1) is 0 Å². The van der Waals surface area contributed by atoms with Gasteiger partial charge >= 0.3 is 5.97 Å². The summed E-state index contributed by atoms with van der Waals surface area (Å²) in [5.74, 6) is -1.96. The summed E-state index contributed by atoms with van der Waals surface area (Å²) >= 11 is 0. The Balaban J connectivity index is 1.82. The number of epoxide rings is 1. The van der Waals surface area contributed by atoms with Crippen molar-refractivity contribution in [1.82, 2.24) is 0 Å². The average Bonchev–Trinajstić information content (AvgIpc) is 3.34. The van der Waals surface area contributed by atoms with Crippen molar-refractivity contribution in [1.29, 1.82) is 0 Å². The van der Waals surface area contributed by atoms with Crippen LogP contribution >= 0.6 is 0 Å². The Kier molecular flexibility index (Phi) is 2.52. The van der Waals surface area contributed by atoms with Gasteiger partial charge < -0.3 is 24.4 Å². The highest BCUT2D eigenvalue weighted by molar-refractivity contribution is 6.00. The van der Waals surface area contributed by atoms with Crippen LogP contribution in [-0.2, 0) is 23.8 Å². The highest BCUT2D eigenvalue weighted by Gasteiger charge is 2.83. The number of carbonyl (C=O) groups excluding carboxylic acids is 2. The zero-order valence-corrected chi connectivity index (χ0v) is 13.4. The Labute approximate surface area is 143 Å². The molecule has 132 valence electrons. The molecule has 2 aliphatic carbocycles. The predicted octanol–water partition coefficient (Wildman–Crippen LogP) is -0.267. The minimum Gasteiger partial charge on any atom is -0.465 e. The van der Waals surface area contributed by atoms with Crippen molar-refractivity contribution in [3.63, 3.8) is 0 Å². The molecule has 7 atom stereocenters. The monoisotopic (exact) mass is 341 g/mol. The van der Waals surface area contributed by atoms with Crippen LogP contribution in [0.25, 0.3) is 0 Å². The molecule has 4 rings (SSSR count). The summed E-state index contributed by atoms with van der Waals surface area (Å²) in [5, 5.41) is 21.5. The van der Waals surface area contributed by atoms with Gasteiger partial charge in [-0.1, -0.05) is 6.92 Å². The molecule has 0 unspecified atom stereocenters. The number of hydrogen-bond donors (Lipinski definition) is 2. The number of hydrogen-bond acceptors (Lipinski definition) is 7. The number of fused-ring (bicyclic) bond motifs is 2. The van der Waals surface area contributed by atoms with Crippen LogP contribution in [0.3, 0.4) is 0 Å². The Morgan fingerprint density at radius 2 is 2.25 bits per heavy atom. The van der Waals surface area contributed by atoms with E-state index in [2.05, 4.69) is 0 Å². The Bertz CT molecular complexity index is 743. The second-order valence-corrected chi connectivity index (χ2v) is 7.49. The van der Waals surface area contributed by atoms with E-state index in [4.69, 9.17) is 18.3 Å². The van der Waals surface area contributed by atoms with Gasteiger partial charge in [-0.3, -0.25) is 9.59 Å². The Hall–Kier alpha value is -1.28. The Morgan fingerprint density at radius 1 is 1.54 bits per heavy atom. The number of aliphatic hydroxyl groups excluding tert-OH is 2. The number of esters is 1. The maximum Gasteiger partial charge on any atom is 0.302 e. The summed E-state index contributed by atoms with van der Waals surface area (Å²) < 4.78 is 38.4. The predicted molar refractivity (Wildman–Crippen MR) is 79.9 cm³/mol. The first-order valence-corrected chi connectivity index (χ1v) is 7.96. The lowest BCUT2D eigenvalue weighted by Gasteiger charge is -2.58. The molecule has 4 aliphatic rings. The molecule has 24 heavy (non-hydrogen) atoms. The number of aliphatic hydroxyl groups is 2. The van der Waals surface area contributed by atoms with Gasteiger partial charge in [0.15, 0.2) is 5.78 Å². The van der Waals surface area contributed by atoms with E-state index >= 15 is 0 Å². The van der Waals surface area contributed by atoms with Crippen molar-refractivity contribution in [2.24, 2.45) is 10.8 Å². The zero-order chi connectivity index (χ0) is 20.0. The van der Waals surface area contributed by atoms with Gasteiger partial charge in [0.2, 0.25) is 0 Å². The second kappa shape index (κ2) is 4.66. The first-order chi connectivity index (χ1) is 12.4. The van der Waals surface area contributed by atoms with E-state index < -0.39 is 66.1 Å². The molecular weight excluding hydrogens is 316 g/mol. The van der Waals surface area contributed by atoms with Gasteiger partial charge in [0.05, 0.1) is 24.2 Å². The van der Waals surface area contributed by atoms with Gasteiger partial charge in [0, 0.05) is 16.4 Å². The summed E-state index contributed by atoms with van der Waals surface area (Å²) in [6.07, 6.45) is -2.23. The largest absolute Gasteiger partial charge is 0.465 e. The fourth-order valence-electron chi connectivity index (χ4n) is 5.17. The number of ketones is 1. The number of carbonyl (C=O) groups is 2. The minimum atomic E-state index is -2.97. The van der Waals surface area contributed by atoms with Gasteiger partial charge in [-0.2, -0.15) is 0 Å². The zero-order valence-electron chi connectivity index (χ0n) is 16.4. The molecule has 0 radical (unpaired) electrons. The quantitative estimate of drug-likeness (QED) is 0.526. The molecule has 7 heteroatoms. The van der Waals surface area contributed by atoms with Gasteiger partial charge in [-0.25, -0.2) is 0 Å². The lowest BCUT2D eigenvalue weighted by Crippen LogP contribution is -2.70. The van der Waals surface area contributed by atoms with E-state index in [0.717, 1.165) is 0 Å². The van der Waals surface area contributed by atoms with E-state index in [1.165, 1.54) is 0 Å². The standard InChI is InChI=1S/C17H22O7/c1-8-4-11-16(6-22-9(2)18,13(21)12(8)20)15(3)5-10(19)14(24-11)17(15)7-23-17/h4,10-11,13-14,19,21H,5-7H2,1-3H3/t10-,11-,13-,14-,15-,16-,17+/m1/s1/i2D3. The molecular formula is C17H22O7. The van der Waals surface area contributed by atoms with Crippen LogP contribution in [-0.4, -0.2) is 65.2 Å². The number of rotatable bonds is 2. The van der Waals surface area contributed by atoms with Gasteiger partial charge in [0.25, 0.3) is 0 Å². The van der Waals surface area contributed by atoms with Crippen LogP contribution in [0.15, 0.2) is 11.6 Å². The Morgan fingerprint density at radius 3 is 2.88 bits per heavy atom. The summed E-state index contributed by atoms with van der Waals surface area (Å²) in [4.78, 5) is 24.5. The molecule has 2 bridgehead atoms. The van der Waals surface area contributed by atoms with E-state index in [-0.39, 0.29) is 13.0 Å². The van der Waals surface area contributed by atoms with Crippen LogP contribution in [0, 0.1) is 10.8 Å². The fourth-order valence-corrected chi connectivity index (χ4v) is 5.17. The first-order valence-electron chi connectivity index (χ1n) is 9.46. The minimum absolute atomic E-state index is 0.163. The maximum absolute atomic E-state index is 12.6. The third-order valence-corrected chi connectivity index (χ3v) is 6.61. The van der Waals surface area contributed by atoms with Crippen LogP contribution in [0.1, 0.15) is 31.2 Å². The van der Waals surface area contributed by atoms with Crippen LogP contribution in [0.4, 0.5) is 0 Å². The topological polar surface area (TPSA) is 106 Å². The maximum atomic E-state index is 12.6. The SMILES string of the molecule is [2H]C([2H])([2H])C(=O)OC[C@]12[C@H](O)C(=O)C(C)=C[C@H]1O[C@@H]1[C@H](O)C[C@@]2(C)[C@]12CO2. The molecule has 0 aromatic rings. The highest BCUT2D eigenvalue weighted by atomic mass is 16.6. The molecule has 1 spiro atoms. The summed E-state index contributed by atoms with van der Waals surface area (Å²) in [5.41, 5.74) is -3.03. The van der Waals surface area contributed by atoms with Crippen LogP contribution in [0.5, 0.6) is 0 Å². The smallest absolute Gasteiger partial charge is 0.302 e. The third-order valence-electron chi connectivity index (χ3n) is 6.61. The van der Waals surface area contributed by atoms with E-state index in [0.29, 0.717) is 5.57 Å². The van der Waals surface area contributed by atoms with Gasteiger partial charge in [0.1, 0.15) is 24.4 Å². The number of Topliss-reactive ketones (excluding diaryl/α,β-unsaturated/α-hetero) is 1. The van der Waals surface area contributed by atoms with Crippen LogP contribution < -0.4 is 0 Å². The fraction of sp³-hybridized carbons (Fsp3) is 0.765. The molecule has 0 amide bonds. The van der Waals surface area contributed by atoms with Crippen molar-refractivity contribution in [3.05, 3.63) is 11.6 Å². The molecule has 2 aliphatic heterocycles. The normalized spacial score (nSPS) is 54.4. The highest BCUT2D eigenvalue weighted by Crippen LogP contribution is 2.71. The molecule has 7 nitrogen and oxygen atoms in total. The summed E-state index contributed by atoms with van der Waals surface area (Å²) in [6.45, 7) is 0.0887. The van der Waals surface area contributed by atoms with Crippen molar-refractivity contribution in [2.75, 3.05) is 13.2 Å². The lowest BCUT2D eigenvalue weighted by atomic mass is 9.50. The first kappa shape index (κ1) is 13.0.